The molecule has 0 unspecified atom stereocenters. The minimum Gasteiger partial charge on any atom is -0.509 e. The molecule has 0 bridgehead atoms. The molecule has 0 amide bonds. The van der Waals surface area contributed by atoms with Gasteiger partial charge in [0.15, 0.2) is 0 Å². The van der Waals surface area contributed by atoms with E-state index in [1.165, 1.54) is 50.3 Å². The van der Waals surface area contributed by atoms with Crippen LogP contribution in [0.3, 0.4) is 0 Å². The predicted molar refractivity (Wildman–Crippen MR) is 324 cm³/mol. The van der Waals surface area contributed by atoms with Crippen LogP contribution in [0.1, 0.15) is 144 Å². The number of aromatic nitrogens is 2. The van der Waals surface area contributed by atoms with E-state index in [-0.39, 0.29) is 48.1 Å². The molecule has 5 nitrogen and oxygen atoms in total. The summed E-state index contributed by atoms with van der Waals surface area (Å²) in [6.45, 7) is 39.2. The molecule has 3 heterocycles. The van der Waals surface area contributed by atoms with E-state index >= 15 is 0 Å². The molecule has 10 rings (SSSR count). The molecule has 78 heavy (non-hydrogen) atoms. The molecule has 1 aliphatic heterocycles. The van der Waals surface area contributed by atoms with Crippen molar-refractivity contribution in [3.8, 4) is 28.4 Å². The van der Waals surface area contributed by atoms with Crippen LogP contribution in [0.15, 0.2) is 181 Å². The van der Waals surface area contributed by atoms with E-state index in [0.29, 0.717) is 11.5 Å². The Hall–Kier alpha value is -6.68. The molecule has 7 aromatic carbocycles. The first-order valence-corrected chi connectivity index (χ1v) is 27.4. The number of rotatable bonds is 10. The summed E-state index contributed by atoms with van der Waals surface area (Å²) in [7, 11) is 0. The summed E-state index contributed by atoms with van der Waals surface area (Å²) in [5.41, 5.74) is 14.7. The minimum absolute atomic E-state index is 0. The first-order chi connectivity index (χ1) is 36.2. The Bertz CT molecular complexity index is 3670. The number of pyridine rings is 1. The largest absolute Gasteiger partial charge is 0.509 e. The van der Waals surface area contributed by atoms with E-state index in [2.05, 4.69) is 308 Å². The van der Waals surface area contributed by atoms with E-state index in [4.69, 9.17) is 9.72 Å². The molecule has 9 aromatic rings. The van der Waals surface area contributed by atoms with E-state index in [9.17, 15) is 0 Å². The molecular formula is C72H77N4OPt-3. The zero-order chi connectivity index (χ0) is 55.0. The zero-order valence-corrected chi connectivity index (χ0v) is 51.0. The fourth-order valence-electron chi connectivity index (χ4n) is 11.1. The Balaban J connectivity index is 0.00000740. The van der Waals surface area contributed by atoms with Crippen LogP contribution in [0.4, 0.5) is 11.4 Å². The van der Waals surface area contributed by atoms with Crippen LogP contribution in [-0.2, 0) is 42.7 Å². The summed E-state index contributed by atoms with van der Waals surface area (Å²) in [5.74, 6) is 2.06. The first kappa shape index (κ1) is 56.1. The number of hydrogen-bond donors (Lipinski definition) is 0. The number of hydrogen-bond acceptors (Lipinski definition) is 4. The Morgan fingerprint density at radius 1 is 0.423 bits per heavy atom. The van der Waals surface area contributed by atoms with Gasteiger partial charge in [0.2, 0.25) is 0 Å². The average molecular weight is 1210 g/mol. The first-order valence-electron chi connectivity index (χ1n) is 27.4. The van der Waals surface area contributed by atoms with Crippen molar-refractivity contribution in [2.24, 2.45) is 10.8 Å². The molecule has 0 aliphatic carbocycles. The van der Waals surface area contributed by atoms with Crippen LogP contribution in [0.2, 0.25) is 0 Å². The van der Waals surface area contributed by atoms with E-state index in [0.717, 1.165) is 44.6 Å². The fourth-order valence-corrected chi connectivity index (χ4v) is 11.1. The molecule has 0 saturated heterocycles. The maximum absolute atomic E-state index is 7.17. The van der Waals surface area contributed by atoms with Crippen LogP contribution in [0, 0.1) is 29.6 Å². The Morgan fingerprint density at radius 2 is 0.974 bits per heavy atom. The summed E-state index contributed by atoms with van der Waals surface area (Å²) < 4.78 is 9.43. The van der Waals surface area contributed by atoms with Gasteiger partial charge in [-0.2, -0.15) is 6.07 Å². The van der Waals surface area contributed by atoms with Gasteiger partial charge in [0.1, 0.15) is 5.82 Å². The van der Waals surface area contributed by atoms with E-state index < -0.39 is 5.41 Å². The number of ether oxygens (including phenoxy) is 1. The van der Waals surface area contributed by atoms with Crippen molar-refractivity contribution >= 4 is 33.2 Å². The molecule has 0 spiro atoms. The van der Waals surface area contributed by atoms with Gasteiger partial charge in [-0.15, -0.1) is 53.6 Å². The summed E-state index contributed by atoms with van der Waals surface area (Å²) in [6, 6.07) is 67.2. The Kier molecular flexibility index (Phi) is 14.7. The fraction of sp³-hybridized carbons (Fsp3) is 0.306. The second-order valence-corrected chi connectivity index (χ2v) is 26.4. The SMILES string of the molecule is CC(C)(C)C1=C(C(C)(C)C)N(c2cc(-c3ccccc3)cc(C(C)(C)c3ccccc3)c2)[CH-]N1c1[c-]c(Oc2[c-]c3c(cc2)c2cc(C(C)(C)C)ccc2n3-c2cc(C(C)(C)C)ccn2)cc(C(C)(C)c2ccccc2)c1.[Pt]. The molecule has 404 valence electrons. The quantitative estimate of drug-likeness (QED) is 0.128. The van der Waals surface area contributed by atoms with Crippen molar-refractivity contribution in [1.82, 2.24) is 9.55 Å². The average Bonchev–Trinajstić information content (AvgIpc) is 4.10. The maximum atomic E-state index is 7.17. The van der Waals surface area contributed by atoms with Gasteiger partial charge in [0, 0.05) is 77.6 Å². The smallest absolute Gasteiger partial charge is 0.135 e. The van der Waals surface area contributed by atoms with Crippen molar-refractivity contribution in [2.75, 3.05) is 9.80 Å². The van der Waals surface area contributed by atoms with Crippen LogP contribution in [0.25, 0.3) is 38.8 Å². The Morgan fingerprint density at radius 3 is 1.55 bits per heavy atom. The standard InChI is InChI=1S/C72H77N4O.Pt/c1-67(2,3)52-32-35-62-61(43-52)60-34-33-58(46-63(60)76(62)64-44-53(36-37-73-64)68(4,5)6)77-59-42-55(72(15,16)51-30-24-19-25-31-51)41-57(45-59)75-47-74(65(69(7,8)9)66(75)70(10,11)12)56-39-49(48-26-20-17-21-27-48)38-54(40-56)71(13,14)50-28-22-18-23-29-50;/h17-44,47H,1-16H3;/q-3;. The molecule has 0 radical (unpaired) electrons. The van der Waals surface area contributed by atoms with Crippen LogP contribution in [-0.4, -0.2) is 9.55 Å². The van der Waals surface area contributed by atoms with Crippen LogP contribution >= 0.6 is 0 Å². The molecule has 0 atom stereocenters. The zero-order valence-electron chi connectivity index (χ0n) is 48.8. The van der Waals surface area contributed by atoms with Crippen LogP contribution in [0.5, 0.6) is 11.5 Å². The molecule has 0 fully saturated rings. The third kappa shape index (κ3) is 10.8. The van der Waals surface area contributed by atoms with Gasteiger partial charge in [0.05, 0.1) is 0 Å². The van der Waals surface area contributed by atoms with Gasteiger partial charge in [-0.05, 0) is 90.9 Å². The maximum Gasteiger partial charge on any atom is 0.135 e. The van der Waals surface area contributed by atoms with Gasteiger partial charge in [-0.1, -0.05) is 225 Å². The van der Waals surface area contributed by atoms with Crippen molar-refractivity contribution in [3.05, 3.63) is 234 Å². The molecule has 0 saturated carbocycles. The summed E-state index contributed by atoms with van der Waals surface area (Å²) >= 11 is 0. The summed E-state index contributed by atoms with van der Waals surface area (Å²) in [4.78, 5) is 9.85. The number of fused-ring (bicyclic) bond motifs is 3. The van der Waals surface area contributed by atoms with Gasteiger partial charge < -0.3 is 19.1 Å². The van der Waals surface area contributed by atoms with Crippen molar-refractivity contribution in [3.63, 3.8) is 0 Å². The van der Waals surface area contributed by atoms with Gasteiger partial charge in [-0.3, -0.25) is 0 Å². The molecule has 6 heteroatoms. The number of allylic oxidation sites excluding steroid dienone is 2. The topological polar surface area (TPSA) is 33.5 Å². The Labute approximate surface area is 480 Å². The second-order valence-electron chi connectivity index (χ2n) is 26.4. The second kappa shape index (κ2) is 20.5. The predicted octanol–water partition coefficient (Wildman–Crippen LogP) is 19.2. The van der Waals surface area contributed by atoms with E-state index in [1.54, 1.807) is 0 Å². The van der Waals surface area contributed by atoms with Gasteiger partial charge >= 0.3 is 0 Å². The van der Waals surface area contributed by atoms with Gasteiger partial charge in [-0.25, -0.2) is 4.98 Å². The number of anilines is 2. The molecule has 1 aliphatic rings. The minimum atomic E-state index is -0.405. The summed E-state index contributed by atoms with van der Waals surface area (Å²) in [6.07, 6.45) is 1.93. The normalized spacial score (nSPS) is 13.9. The van der Waals surface area contributed by atoms with Gasteiger partial charge in [0.25, 0.3) is 0 Å². The third-order valence-electron chi connectivity index (χ3n) is 15.8. The monoisotopic (exact) mass is 1210 g/mol. The number of nitrogens with zero attached hydrogens (tertiary/aromatic N) is 4. The molecule has 2 aromatic heterocycles. The molecular weight excluding hydrogens is 1130 g/mol. The molecule has 0 N–H and O–H groups in total. The van der Waals surface area contributed by atoms with Crippen molar-refractivity contribution in [2.45, 2.75) is 132 Å². The number of benzene rings is 7. The third-order valence-corrected chi connectivity index (χ3v) is 15.8. The van der Waals surface area contributed by atoms with Crippen LogP contribution < -0.4 is 14.5 Å². The summed E-state index contributed by atoms with van der Waals surface area (Å²) in [5, 5.41) is 2.26. The van der Waals surface area contributed by atoms with E-state index in [1.807, 2.05) is 6.20 Å². The van der Waals surface area contributed by atoms with Crippen molar-refractivity contribution < 1.29 is 25.8 Å². The van der Waals surface area contributed by atoms with Crippen molar-refractivity contribution in [1.29, 1.82) is 0 Å².